The van der Waals surface area contributed by atoms with Crippen LogP contribution in [0.5, 0.6) is 0 Å². The fraction of sp³-hybridized carbons (Fsp3) is 0.200. The Morgan fingerprint density at radius 1 is 1.09 bits per heavy atom. The lowest BCUT2D eigenvalue weighted by Crippen LogP contribution is -2.17. The maximum Gasteiger partial charge on any atom is 0.155 e. The van der Waals surface area contributed by atoms with Crippen molar-refractivity contribution in [1.82, 2.24) is 24.1 Å². The van der Waals surface area contributed by atoms with Crippen LogP contribution in [0.3, 0.4) is 0 Å². The second kappa shape index (κ2) is 7.09. The van der Waals surface area contributed by atoms with Gasteiger partial charge in [-0.2, -0.15) is 5.10 Å². The van der Waals surface area contributed by atoms with Crippen molar-refractivity contribution in [2.75, 3.05) is 0 Å². The van der Waals surface area contributed by atoms with Crippen LogP contribution in [-0.4, -0.2) is 29.9 Å². The zero-order valence-electron chi connectivity index (χ0n) is 17.9. The molecule has 7 heteroatoms. The maximum atomic E-state index is 14.2. The van der Waals surface area contributed by atoms with Gasteiger partial charge in [-0.05, 0) is 44.0 Å². The summed E-state index contributed by atoms with van der Waals surface area (Å²) in [6, 6.07) is 10.5. The second-order valence-corrected chi connectivity index (χ2v) is 8.27. The van der Waals surface area contributed by atoms with Crippen molar-refractivity contribution in [2.45, 2.75) is 33.2 Å². The maximum absolute atomic E-state index is 14.2. The molecule has 6 rings (SSSR count). The number of aryl methyl sites for hydroxylation is 2. The highest BCUT2D eigenvalue weighted by atomic mass is 19.1. The molecule has 5 heterocycles. The van der Waals surface area contributed by atoms with E-state index in [4.69, 9.17) is 4.98 Å². The third-order valence-corrected chi connectivity index (χ3v) is 6.12. The quantitative estimate of drug-likeness (QED) is 0.451. The van der Waals surface area contributed by atoms with Crippen molar-refractivity contribution in [1.29, 1.82) is 0 Å². The first-order valence-corrected chi connectivity index (χ1v) is 10.7. The highest BCUT2D eigenvalue weighted by molar-refractivity contribution is 6.06. The van der Waals surface area contributed by atoms with Crippen LogP contribution in [0.15, 0.2) is 71.5 Å². The van der Waals surface area contributed by atoms with E-state index >= 15 is 0 Å². The van der Waals surface area contributed by atoms with E-state index in [1.807, 2.05) is 24.4 Å². The summed E-state index contributed by atoms with van der Waals surface area (Å²) in [5.41, 5.74) is 8.34. The Balaban J connectivity index is 1.63. The zero-order chi connectivity index (χ0) is 21.8. The fourth-order valence-electron chi connectivity index (χ4n) is 4.55. The zero-order valence-corrected chi connectivity index (χ0v) is 17.9. The van der Waals surface area contributed by atoms with Gasteiger partial charge in [0.2, 0.25) is 0 Å². The van der Waals surface area contributed by atoms with Gasteiger partial charge < -0.3 is 4.57 Å². The van der Waals surface area contributed by atoms with Crippen LogP contribution in [0.4, 0.5) is 4.39 Å². The topological polar surface area (TPSA) is 60.4 Å². The van der Waals surface area contributed by atoms with Crippen molar-refractivity contribution < 1.29 is 4.39 Å². The van der Waals surface area contributed by atoms with Crippen LogP contribution in [0.25, 0.3) is 28.3 Å². The molecule has 0 bridgehead atoms. The normalized spacial score (nSPS) is 15.5. The van der Waals surface area contributed by atoms with Gasteiger partial charge in [0, 0.05) is 30.3 Å². The Kier molecular flexibility index (Phi) is 4.18. The van der Waals surface area contributed by atoms with E-state index in [0.717, 1.165) is 52.7 Å². The Labute approximate surface area is 184 Å². The first kappa shape index (κ1) is 18.9. The minimum Gasteiger partial charge on any atom is -0.322 e. The summed E-state index contributed by atoms with van der Waals surface area (Å²) in [5, 5.41) is 4.28. The molecular formula is C25H21FN6. The Hall–Kier alpha value is -3.87. The average molecular weight is 424 g/mol. The van der Waals surface area contributed by atoms with Crippen LogP contribution in [0, 0.1) is 6.92 Å². The summed E-state index contributed by atoms with van der Waals surface area (Å²) in [7, 11) is 0. The first-order chi connectivity index (χ1) is 15.6. The number of rotatable bonds is 2. The van der Waals surface area contributed by atoms with Crippen LogP contribution in [0.2, 0.25) is 0 Å². The highest BCUT2D eigenvalue weighted by Gasteiger charge is 2.27. The second-order valence-electron chi connectivity index (χ2n) is 8.27. The molecule has 6 nitrogen and oxygen atoms in total. The number of aliphatic imine (C=N–C) groups is 1. The molecule has 0 unspecified atom stereocenters. The van der Waals surface area contributed by atoms with Crippen LogP contribution in [0.1, 0.15) is 30.2 Å². The van der Waals surface area contributed by atoms with Gasteiger partial charge in [-0.1, -0.05) is 29.8 Å². The van der Waals surface area contributed by atoms with Crippen molar-refractivity contribution in [2.24, 2.45) is 4.99 Å². The van der Waals surface area contributed by atoms with E-state index in [0.29, 0.717) is 12.1 Å². The van der Waals surface area contributed by atoms with Gasteiger partial charge in [0.15, 0.2) is 5.65 Å². The van der Waals surface area contributed by atoms with E-state index in [-0.39, 0.29) is 5.83 Å². The van der Waals surface area contributed by atoms with Gasteiger partial charge in [-0.3, -0.25) is 4.99 Å². The van der Waals surface area contributed by atoms with Gasteiger partial charge in [0.25, 0.3) is 0 Å². The standard InChI is InChI=1S/C25H21FN6/c1-15-6-8-19-17(12-15)10-11-31-24(21-5-3-4-20(26)16(2)29-21)23(30-25(19)31)18-7-9-22-27-14-28-32(22)13-18/h3-4,6-9,12-14H,5,10-11H2,1-2H3. The molecule has 2 aliphatic rings. The molecule has 0 saturated carbocycles. The summed E-state index contributed by atoms with van der Waals surface area (Å²) < 4.78 is 18.2. The molecule has 0 spiro atoms. The van der Waals surface area contributed by atoms with Gasteiger partial charge in [-0.25, -0.2) is 18.9 Å². The summed E-state index contributed by atoms with van der Waals surface area (Å²) in [6.45, 7) is 4.62. The Bertz CT molecular complexity index is 1480. The molecule has 32 heavy (non-hydrogen) atoms. The van der Waals surface area contributed by atoms with Gasteiger partial charge >= 0.3 is 0 Å². The molecule has 3 aromatic heterocycles. The number of aromatic nitrogens is 5. The van der Waals surface area contributed by atoms with Gasteiger partial charge in [-0.15, -0.1) is 0 Å². The Morgan fingerprint density at radius 3 is 2.91 bits per heavy atom. The predicted octanol–water partition coefficient (Wildman–Crippen LogP) is 5.07. The number of hydrogen-bond acceptors (Lipinski definition) is 4. The van der Waals surface area contributed by atoms with E-state index in [9.17, 15) is 4.39 Å². The smallest absolute Gasteiger partial charge is 0.155 e. The molecule has 4 aromatic rings. The Morgan fingerprint density at radius 2 is 2.00 bits per heavy atom. The predicted molar refractivity (Wildman–Crippen MR) is 122 cm³/mol. The van der Waals surface area contributed by atoms with Crippen LogP contribution in [-0.2, 0) is 13.0 Å². The minimum absolute atomic E-state index is 0.301. The van der Waals surface area contributed by atoms with Crippen LogP contribution >= 0.6 is 0 Å². The lowest BCUT2D eigenvalue weighted by atomic mass is 9.98. The first-order valence-electron chi connectivity index (χ1n) is 10.7. The molecule has 0 radical (unpaired) electrons. The number of imidazole rings is 1. The molecule has 0 atom stereocenters. The summed E-state index contributed by atoms with van der Waals surface area (Å²) in [5.74, 6) is 0.623. The third kappa shape index (κ3) is 2.92. The van der Waals surface area contributed by atoms with Crippen molar-refractivity contribution in [3.8, 4) is 22.6 Å². The average Bonchev–Trinajstić information content (AvgIpc) is 3.37. The lowest BCUT2D eigenvalue weighted by Gasteiger charge is -2.21. The van der Waals surface area contributed by atoms with Crippen LogP contribution < -0.4 is 0 Å². The SMILES string of the molecule is CC1=C(F)C=CCC(c2c(-c3ccc4ncnn4c3)nc3n2CCc2cc(C)ccc2-3)=N1. The van der Waals surface area contributed by atoms with Crippen molar-refractivity contribution in [3.05, 3.63) is 83.4 Å². The largest absolute Gasteiger partial charge is 0.322 e. The number of nitrogens with zero attached hydrogens (tertiary/aromatic N) is 6. The monoisotopic (exact) mass is 424 g/mol. The summed E-state index contributed by atoms with van der Waals surface area (Å²) >= 11 is 0. The van der Waals surface area contributed by atoms with E-state index in [1.54, 1.807) is 11.4 Å². The molecular weight excluding hydrogens is 403 g/mol. The molecule has 0 fully saturated rings. The fourth-order valence-corrected chi connectivity index (χ4v) is 4.55. The summed E-state index contributed by atoms with van der Waals surface area (Å²) in [6.07, 6.45) is 8.25. The highest BCUT2D eigenvalue weighted by Crippen LogP contribution is 2.36. The molecule has 158 valence electrons. The molecule has 1 aromatic carbocycles. The molecule has 2 aliphatic heterocycles. The number of fused-ring (bicyclic) bond motifs is 4. The minimum atomic E-state index is -0.301. The van der Waals surface area contributed by atoms with Gasteiger partial charge in [0.1, 0.15) is 18.0 Å². The van der Waals surface area contributed by atoms with Gasteiger partial charge in [0.05, 0.1) is 22.8 Å². The third-order valence-electron chi connectivity index (χ3n) is 6.12. The molecule has 0 amide bonds. The summed E-state index contributed by atoms with van der Waals surface area (Å²) in [4.78, 5) is 14.0. The van der Waals surface area contributed by atoms with E-state index in [2.05, 4.69) is 44.8 Å². The number of pyridine rings is 1. The van der Waals surface area contributed by atoms with E-state index in [1.165, 1.54) is 23.5 Å². The van der Waals surface area contributed by atoms with Crippen molar-refractivity contribution >= 4 is 11.4 Å². The lowest BCUT2D eigenvalue weighted by molar-refractivity contribution is 0.653. The molecule has 0 aliphatic carbocycles. The van der Waals surface area contributed by atoms with Crippen molar-refractivity contribution in [3.63, 3.8) is 0 Å². The number of hydrogen-bond donors (Lipinski definition) is 0. The number of benzene rings is 1. The van der Waals surface area contributed by atoms with E-state index < -0.39 is 0 Å². The molecule has 0 saturated heterocycles. The number of allylic oxidation sites excluding steroid dienone is 4. The molecule has 0 N–H and O–H groups in total. The number of halogens is 1.